The molecule has 3 heteroatoms. The summed E-state index contributed by atoms with van der Waals surface area (Å²) in [5.41, 5.74) is -1.65. The third-order valence-electron chi connectivity index (χ3n) is 5.78. The van der Waals surface area contributed by atoms with Crippen LogP contribution in [0.3, 0.4) is 0 Å². The second-order valence-electron chi connectivity index (χ2n) is 11.0. The van der Waals surface area contributed by atoms with Crippen molar-refractivity contribution in [1.82, 2.24) is 0 Å². The monoisotopic (exact) mass is 404 g/mol. The quantitative estimate of drug-likeness (QED) is 0.347. The zero-order valence-electron chi connectivity index (χ0n) is 20.0. The molecule has 1 aromatic rings. The van der Waals surface area contributed by atoms with Gasteiger partial charge in [-0.3, -0.25) is 0 Å². The zero-order valence-corrected chi connectivity index (χ0v) is 20.0. The predicted molar refractivity (Wildman–Crippen MR) is 122 cm³/mol. The normalized spacial score (nSPS) is 15.8. The summed E-state index contributed by atoms with van der Waals surface area (Å²) >= 11 is 0. The molecule has 1 N–H and O–H groups in total. The average Bonchev–Trinajstić information content (AvgIpc) is 2.59. The van der Waals surface area contributed by atoms with E-state index < -0.39 is 17.0 Å². The van der Waals surface area contributed by atoms with Gasteiger partial charge in [-0.1, -0.05) is 111 Å². The van der Waals surface area contributed by atoms with Crippen LogP contribution in [0.25, 0.3) is 0 Å². The third-order valence-corrected chi connectivity index (χ3v) is 5.78. The van der Waals surface area contributed by atoms with Crippen molar-refractivity contribution in [2.45, 2.75) is 99.0 Å². The van der Waals surface area contributed by atoms with Gasteiger partial charge in [0, 0.05) is 11.3 Å². The number of hydrogen-bond donors (Lipinski definition) is 1. The molecule has 1 rings (SSSR count). The van der Waals surface area contributed by atoms with Gasteiger partial charge < -0.3 is 9.84 Å². The summed E-state index contributed by atoms with van der Waals surface area (Å²) in [4.78, 5) is 13.3. The summed E-state index contributed by atoms with van der Waals surface area (Å²) in [6.07, 6.45) is 5.52. The maximum absolute atomic E-state index is 13.3. The Balaban J connectivity index is 2.94. The molecule has 0 aliphatic heterocycles. The molecule has 0 aliphatic carbocycles. The van der Waals surface area contributed by atoms with Crippen LogP contribution >= 0.6 is 0 Å². The first-order valence-corrected chi connectivity index (χ1v) is 11.3. The molecular formula is C26H44O3. The van der Waals surface area contributed by atoms with E-state index in [9.17, 15) is 9.90 Å². The highest BCUT2D eigenvalue weighted by Crippen LogP contribution is 2.51. The number of unbranched alkanes of at least 4 members (excludes halogenated alkanes) is 3. The van der Waals surface area contributed by atoms with Gasteiger partial charge in [-0.15, -0.1) is 0 Å². The van der Waals surface area contributed by atoms with Crippen LogP contribution in [0.1, 0.15) is 99.0 Å². The number of hydrogen-bond acceptors (Lipinski definition) is 3. The Labute approximate surface area is 179 Å². The second-order valence-corrected chi connectivity index (χ2v) is 11.0. The predicted octanol–water partition coefficient (Wildman–Crippen LogP) is 6.74. The molecule has 2 atom stereocenters. The minimum absolute atomic E-state index is 0.320. The molecule has 0 amide bonds. The van der Waals surface area contributed by atoms with Crippen LogP contribution in [0, 0.1) is 16.7 Å². The molecule has 166 valence electrons. The fourth-order valence-electron chi connectivity index (χ4n) is 4.15. The average molecular weight is 405 g/mol. The highest BCUT2D eigenvalue weighted by Gasteiger charge is 2.57. The molecule has 1 aromatic carbocycles. The van der Waals surface area contributed by atoms with Crippen molar-refractivity contribution >= 4 is 5.97 Å². The summed E-state index contributed by atoms with van der Waals surface area (Å²) in [6.45, 7) is 16.8. The van der Waals surface area contributed by atoms with Crippen LogP contribution in [0.2, 0.25) is 0 Å². The van der Waals surface area contributed by atoms with E-state index in [1.807, 2.05) is 51.1 Å². The maximum Gasteiger partial charge on any atom is 0.339 e. The van der Waals surface area contributed by atoms with Gasteiger partial charge in [0.2, 0.25) is 0 Å². The smallest absolute Gasteiger partial charge is 0.339 e. The van der Waals surface area contributed by atoms with Gasteiger partial charge in [0.25, 0.3) is 0 Å². The Kier molecular flexibility index (Phi) is 9.40. The number of esters is 1. The van der Waals surface area contributed by atoms with E-state index in [2.05, 4.69) is 34.6 Å². The van der Waals surface area contributed by atoms with E-state index in [4.69, 9.17) is 4.74 Å². The van der Waals surface area contributed by atoms with Gasteiger partial charge in [0.15, 0.2) is 5.60 Å². The molecule has 0 bridgehead atoms. The van der Waals surface area contributed by atoms with Crippen molar-refractivity contribution in [3.8, 4) is 0 Å². The number of benzene rings is 1. The van der Waals surface area contributed by atoms with Crippen LogP contribution in [0.5, 0.6) is 0 Å². The Hall–Kier alpha value is -1.35. The number of carbonyl (C=O) groups is 1. The van der Waals surface area contributed by atoms with Crippen molar-refractivity contribution in [3.63, 3.8) is 0 Å². The number of carbonyl (C=O) groups excluding carboxylic acids is 1. The third kappa shape index (κ3) is 7.13. The first-order valence-electron chi connectivity index (χ1n) is 11.3. The van der Waals surface area contributed by atoms with Crippen molar-refractivity contribution in [1.29, 1.82) is 0 Å². The topological polar surface area (TPSA) is 46.5 Å². The zero-order chi connectivity index (χ0) is 22.3. The van der Waals surface area contributed by atoms with Gasteiger partial charge in [-0.2, -0.15) is 0 Å². The van der Waals surface area contributed by atoms with Gasteiger partial charge in [0.05, 0.1) is 6.61 Å². The minimum Gasteiger partial charge on any atom is -0.464 e. The van der Waals surface area contributed by atoms with E-state index in [0.717, 1.165) is 30.7 Å². The lowest BCUT2D eigenvalue weighted by Gasteiger charge is -2.48. The Morgan fingerprint density at radius 3 is 1.97 bits per heavy atom. The SMILES string of the molecule is CC(C)CCCCCCOC(=O)C(O)(C(c1ccccc1)C(C)(C)C)C(C)(C)C. The lowest BCUT2D eigenvalue weighted by atomic mass is 9.59. The first-order chi connectivity index (χ1) is 13.3. The molecule has 0 saturated carbocycles. The number of rotatable bonds is 10. The highest BCUT2D eigenvalue weighted by molar-refractivity contribution is 5.82. The van der Waals surface area contributed by atoms with E-state index in [0.29, 0.717) is 6.61 Å². The Morgan fingerprint density at radius 1 is 0.931 bits per heavy atom. The summed E-state index contributed by atoms with van der Waals surface area (Å²) in [5, 5.41) is 11.9. The lowest BCUT2D eigenvalue weighted by Crippen LogP contribution is -2.58. The Bertz CT molecular complexity index is 607. The summed E-state index contributed by atoms with van der Waals surface area (Å²) in [6, 6.07) is 9.86. The van der Waals surface area contributed by atoms with E-state index in [1.165, 1.54) is 12.8 Å². The van der Waals surface area contributed by atoms with Gasteiger partial charge >= 0.3 is 5.97 Å². The molecule has 0 spiro atoms. The molecule has 0 saturated heterocycles. The Morgan fingerprint density at radius 2 is 1.48 bits per heavy atom. The largest absolute Gasteiger partial charge is 0.464 e. The van der Waals surface area contributed by atoms with Crippen LogP contribution in [-0.2, 0) is 9.53 Å². The lowest BCUT2D eigenvalue weighted by molar-refractivity contribution is -0.188. The van der Waals surface area contributed by atoms with Crippen LogP contribution in [0.4, 0.5) is 0 Å². The van der Waals surface area contributed by atoms with E-state index in [1.54, 1.807) is 0 Å². The van der Waals surface area contributed by atoms with E-state index >= 15 is 0 Å². The fraction of sp³-hybridized carbons (Fsp3) is 0.731. The standard InChI is InChI=1S/C26H44O3/c1-20(2)16-12-9-10-15-19-29-23(27)26(28,25(6,7)8)22(24(3,4)5)21-17-13-11-14-18-21/h11,13-14,17-18,20,22,28H,9-10,12,15-16,19H2,1-8H3. The van der Waals surface area contributed by atoms with Crippen molar-refractivity contribution in [2.75, 3.05) is 6.61 Å². The molecule has 0 aliphatic rings. The molecule has 0 aromatic heterocycles. The molecule has 3 nitrogen and oxygen atoms in total. The molecule has 0 heterocycles. The molecule has 2 unspecified atom stereocenters. The van der Waals surface area contributed by atoms with Crippen molar-refractivity contribution in [2.24, 2.45) is 16.7 Å². The summed E-state index contributed by atoms with van der Waals surface area (Å²) < 4.78 is 5.67. The fourth-order valence-corrected chi connectivity index (χ4v) is 4.15. The van der Waals surface area contributed by atoms with Gasteiger partial charge in [0.1, 0.15) is 0 Å². The van der Waals surface area contributed by atoms with Crippen molar-refractivity contribution in [3.05, 3.63) is 35.9 Å². The van der Waals surface area contributed by atoms with Gasteiger partial charge in [-0.05, 0) is 23.3 Å². The van der Waals surface area contributed by atoms with E-state index in [-0.39, 0.29) is 11.3 Å². The number of aliphatic hydroxyl groups is 1. The molecule has 29 heavy (non-hydrogen) atoms. The van der Waals surface area contributed by atoms with Crippen LogP contribution in [0.15, 0.2) is 30.3 Å². The van der Waals surface area contributed by atoms with Crippen LogP contribution < -0.4 is 0 Å². The van der Waals surface area contributed by atoms with Crippen LogP contribution in [-0.4, -0.2) is 23.3 Å². The summed E-state index contributed by atoms with van der Waals surface area (Å²) in [7, 11) is 0. The maximum atomic E-state index is 13.3. The first kappa shape index (κ1) is 25.7. The highest BCUT2D eigenvalue weighted by atomic mass is 16.5. The van der Waals surface area contributed by atoms with Gasteiger partial charge in [-0.25, -0.2) is 4.79 Å². The molecular weight excluding hydrogens is 360 g/mol. The number of ether oxygens (including phenoxy) is 1. The molecule has 0 fully saturated rings. The summed E-state index contributed by atoms with van der Waals surface area (Å²) in [5.74, 6) is -0.146. The molecule has 0 radical (unpaired) electrons. The van der Waals surface area contributed by atoms with Crippen molar-refractivity contribution < 1.29 is 14.6 Å². The second kappa shape index (κ2) is 10.6. The minimum atomic E-state index is -1.62.